The number of ketones is 2. The van der Waals surface area contributed by atoms with Crippen molar-refractivity contribution < 1.29 is 24.5 Å². The van der Waals surface area contributed by atoms with Crippen molar-refractivity contribution in [2.24, 2.45) is 0 Å². The number of hydrogen-bond donors (Lipinski definition) is 2. The van der Waals surface area contributed by atoms with Crippen LogP contribution in [0.2, 0.25) is 0 Å². The molecule has 1 heterocycles. The largest absolute Gasteiger partial charge is 0.483 e. The van der Waals surface area contributed by atoms with Gasteiger partial charge in [-0.3, -0.25) is 9.59 Å². The molecule has 0 fully saturated rings. The van der Waals surface area contributed by atoms with Crippen molar-refractivity contribution in [1.29, 1.82) is 0 Å². The van der Waals surface area contributed by atoms with Gasteiger partial charge in [-0.25, -0.2) is 0 Å². The Bertz CT molecular complexity index is 616. The van der Waals surface area contributed by atoms with Gasteiger partial charge in [0.05, 0.1) is 5.57 Å². The van der Waals surface area contributed by atoms with Gasteiger partial charge in [-0.15, -0.1) is 0 Å². The van der Waals surface area contributed by atoms with Crippen molar-refractivity contribution >= 4 is 11.6 Å². The number of carbonyl (C=O) groups excluding carboxylic acids is 2. The standard InChI is InChI=1S/C14H12O5/c1-6-10(15)13(18)9-11(16)7-4-2-3-5-8(7)12(17)14(9)19-6/h2-6,10,13,15,18H,1H3. The second-order valence-corrected chi connectivity index (χ2v) is 4.71. The molecule has 0 spiro atoms. The van der Waals surface area contributed by atoms with E-state index < -0.39 is 29.9 Å². The van der Waals surface area contributed by atoms with Gasteiger partial charge in [0.15, 0.2) is 11.5 Å². The first kappa shape index (κ1) is 12.1. The van der Waals surface area contributed by atoms with Crippen LogP contribution in [0.25, 0.3) is 0 Å². The van der Waals surface area contributed by atoms with E-state index in [1.165, 1.54) is 13.0 Å². The van der Waals surface area contributed by atoms with E-state index >= 15 is 0 Å². The molecule has 0 aromatic heterocycles. The number of carbonyl (C=O) groups is 2. The second-order valence-electron chi connectivity index (χ2n) is 4.71. The molecule has 5 nitrogen and oxygen atoms in total. The number of aliphatic hydroxyl groups is 2. The second kappa shape index (κ2) is 4.01. The van der Waals surface area contributed by atoms with Gasteiger partial charge < -0.3 is 14.9 Å². The van der Waals surface area contributed by atoms with Gasteiger partial charge >= 0.3 is 0 Å². The van der Waals surface area contributed by atoms with Crippen LogP contribution in [0, 0.1) is 0 Å². The Morgan fingerprint density at radius 2 is 1.63 bits per heavy atom. The molecule has 0 bridgehead atoms. The molecule has 2 aliphatic rings. The lowest BCUT2D eigenvalue weighted by Gasteiger charge is -2.35. The Labute approximate surface area is 109 Å². The predicted octanol–water partition coefficient (Wildman–Crippen LogP) is 0.460. The van der Waals surface area contributed by atoms with Crippen LogP contribution in [0.4, 0.5) is 0 Å². The van der Waals surface area contributed by atoms with Crippen molar-refractivity contribution in [3.63, 3.8) is 0 Å². The maximum absolute atomic E-state index is 12.3. The molecule has 3 rings (SSSR count). The van der Waals surface area contributed by atoms with Gasteiger partial charge in [-0.2, -0.15) is 0 Å². The van der Waals surface area contributed by atoms with Gasteiger partial charge in [-0.1, -0.05) is 24.3 Å². The highest BCUT2D eigenvalue weighted by atomic mass is 16.5. The fourth-order valence-corrected chi connectivity index (χ4v) is 2.44. The molecule has 2 N–H and O–H groups in total. The Morgan fingerprint density at radius 1 is 1.05 bits per heavy atom. The molecule has 1 aliphatic heterocycles. The van der Waals surface area contributed by atoms with E-state index in [1.54, 1.807) is 18.2 Å². The average Bonchev–Trinajstić information content (AvgIpc) is 2.42. The molecule has 3 unspecified atom stereocenters. The third-order valence-electron chi connectivity index (χ3n) is 3.52. The van der Waals surface area contributed by atoms with Gasteiger partial charge in [0.1, 0.15) is 18.3 Å². The van der Waals surface area contributed by atoms with Crippen LogP contribution in [-0.2, 0) is 4.74 Å². The molecule has 0 saturated carbocycles. The van der Waals surface area contributed by atoms with Crippen molar-refractivity contribution in [3.8, 4) is 0 Å². The summed E-state index contributed by atoms with van der Waals surface area (Å²) in [5.41, 5.74) is 0.354. The van der Waals surface area contributed by atoms with Crippen molar-refractivity contribution in [1.82, 2.24) is 0 Å². The average molecular weight is 260 g/mol. The summed E-state index contributed by atoms with van der Waals surface area (Å²) in [5, 5.41) is 19.8. The van der Waals surface area contributed by atoms with Crippen LogP contribution in [-0.4, -0.2) is 40.1 Å². The molecule has 98 valence electrons. The fourth-order valence-electron chi connectivity index (χ4n) is 2.44. The lowest BCUT2D eigenvalue weighted by atomic mass is 9.82. The van der Waals surface area contributed by atoms with E-state index in [0.717, 1.165) is 0 Å². The maximum Gasteiger partial charge on any atom is 0.228 e. The van der Waals surface area contributed by atoms with E-state index in [2.05, 4.69) is 0 Å². The first-order valence-electron chi connectivity index (χ1n) is 5.97. The molecule has 0 saturated heterocycles. The number of allylic oxidation sites excluding steroid dienone is 1. The summed E-state index contributed by atoms with van der Waals surface area (Å²) >= 11 is 0. The van der Waals surface area contributed by atoms with Gasteiger partial charge in [0.2, 0.25) is 5.78 Å². The molecule has 1 aromatic carbocycles. The molecule has 19 heavy (non-hydrogen) atoms. The van der Waals surface area contributed by atoms with Crippen molar-refractivity contribution in [2.45, 2.75) is 25.2 Å². The summed E-state index contributed by atoms with van der Waals surface area (Å²) in [6.45, 7) is 1.54. The number of aliphatic hydroxyl groups excluding tert-OH is 2. The van der Waals surface area contributed by atoms with Crippen molar-refractivity contribution in [3.05, 3.63) is 46.7 Å². The molecular formula is C14H12O5. The Morgan fingerprint density at radius 3 is 2.26 bits per heavy atom. The fraction of sp³-hybridized carbons (Fsp3) is 0.286. The molecule has 1 aliphatic carbocycles. The van der Waals surface area contributed by atoms with E-state index in [9.17, 15) is 19.8 Å². The van der Waals surface area contributed by atoms with E-state index in [-0.39, 0.29) is 22.5 Å². The lowest BCUT2D eigenvalue weighted by molar-refractivity contribution is -0.0682. The number of hydrogen-bond acceptors (Lipinski definition) is 5. The molecule has 3 atom stereocenters. The monoisotopic (exact) mass is 260 g/mol. The van der Waals surface area contributed by atoms with Crippen LogP contribution in [0.3, 0.4) is 0 Å². The Kier molecular flexibility index (Phi) is 2.55. The Balaban J connectivity index is 2.20. The molecular weight excluding hydrogens is 248 g/mol. The third kappa shape index (κ3) is 1.55. The normalized spacial score (nSPS) is 29.7. The van der Waals surface area contributed by atoms with Crippen LogP contribution in [0.1, 0.15) is 27.6 Å². The van der Waals surface area contributed by atoms with E-state index in [4.69, 9.17) is 4.74 Å². The van der Waals surface area contributed by atoms with E-state index in [1.807, 2.05) is 0 Å². The zero-order valence-electron chi connectivity index (χ0n) is 10.2. The minimum absolute atomic E-state index is 0.144. The van der Waals surface area contributed by atoms with Crippen LogP contribution in [0.5, 0.6) is 0 Å². The quantitative estimate of drug-likeness (QED) is 0.708. The van der Waals surface area contributed by atoms with Gasteiger partial charge in [-0.05, 0) is 6.92 Å². The molecule has 0 radical (unpaired) electrons. The summed E-state index contributed by atoms with van der Waals surface area (Å²) in [7, 11) is 0. The first-order valence-corrected chi connectivity index (χ1v) is 5.97. The number of benzene rings is 1. The minimum atomic E-state index is -1.40. The number of Topliss-reactive ketones (excluding diaryl/α,β-unsaturated/α-hetero) is 2. The van der Waals surface area contributed by atoms with Crippen LogP contribution < -0.4 is 0 Å². The highest BCUT2D eigenvalue weighted by Crippen LogP contribution is 2.34. The highest BCUT2D eigenvalue weighted by molar-refractivity contribution is 6.26. The van der Waals surface area contributed by atoms with Gasteiger partial charge in [0.25, 0.3) is 0 Å². The summed E-state index contributed by atoms with van der Waals surface area (Å²) in [5.74, 6) is -1.04. The topological polar surface area (TPSA) is 83.8 Å². The lowest BCUT2D eigenvalue weighted by Crippen LogP contribution is -2.47. The summed E-state index contributed by atoms with van der Waals surface area (Å²) in [4.78, 5) is 24.6. The molecule has 5 heteroatoms. The maximum atomic E-state index is 12.3. The zero-order chi connectivity index (χ0) is 13.7. The van der Waals surface area contributed by atoms with E-state index in [0.29, 0.717) is 0 Å². The van der Waals surface area contributed by atoms with Crippen LogP contribution in [0.15, 0.2) is 35.6 Å². The summed E-state index contributed by atoms with van der Waals surface area (Å²) in [6, 6.07) is 6.37. The number of rotatable bonds is 0. The Hall–Kier alpha value is -1.98. The first-order chi connectivity index (χ1) is 9.02. The summed E-state index contributed by atoms with van der Waals surface area (Å²) in [6.07, 6.45) is -3.36. The van der Waals surface area contributed by atoms with Crippen molar-refractivity contribution in [2.75, 3.05) is 0 Å². The molecule has 1 aromatic rings. The minimum Gasteiger partial charge on any atom is -0.483 e. The zero-order valence-corrected chi connectivity index (χ0v) is 10.2. The molecule has 0 amide bonds. The SMILES string of the molecule is CC1OC2=C(C(=O)c3ccccc3C2=O)C(O)C1O. The summed E-state index contributed by atoms with van der Waals surface area (Å²) < 4.78 is 5.31. The third-order valence-corrected chi connectivity index (χ3v) is 3.52. The van der Waals surface area contributed by atoms with Gasteiger partial charge in [0, 0.05) is 11.1 Å². The van der Waals surface area contributed by atoms with Crippen LogP contribution >= 0.6 is 0 Å². The smallest absolute Gasteiger partial charge is 0.228 e. The highest BCUT2D eigenvalue weighted by Gasteiger charge is 2.45. The number of fused-ring (bicyclic) bond motifs is 1. The number of ether oxygens (including phenoxy) is 1. The predicted molar refractivity (Wildman–Crippen MR) is 64.7 cm³/mol.